The molecule has 1 amide bonds. The van der Waals surface area contributed by atoms with E-state index in [-0.39, 0.29) is 11.9 Å². The third-order valence-electron chi connectivity index (χ3n) is 1.46. The minimum atomic E-state index is -0.222. The highest BCUT2D eigenvalue weighted by Crippen LogP contribution is 1.94. The molecule has 0 spiro atoms. The molecule has 1 aromatic rings. The van der Waals surface area contributed by atoms with Crippen LogP contribution in [0.1, 0.15) is 24.2 Å². The first-order valence-corrected chi connectivity index (χ1v) is 4.09. The number of carbonyl (C=O) groups excluding carboxylic acids is 1. The van der Waals surface area contributed by atoms with Crippen molar-refractivity contribution < 1.29 is 9.52 Å². The largest absolute Gasteiger partial charge is 0.619 e. The summed E-state index contributed by atoms with van der Waals surface area (Å²) in [6.07, 6.45) is 2.59. The number of pyridine rings is 1. The van der Waals surface area contributed by atoms with E-state index in [1.807, 2.05) is 13.8 Å². The summed E-state index contributed by atoms with van der Waals surface area (Å²) in [7, 11) is 0. The normalized spacial score (nSPS) is 10.1. The zero-order valence-corrected chi connectivity index (χ0v) is 7.65. The van der Waals surface area contributed by atoms with Gasteiger partial charge in [0.1, 0.15) is 5.56 Å². The maximum atomic E-state index is 11.3. The second-order valence-corrected chi connectivity index (χ2v) is 3.08. The zero-order chi connectivity index (χ0) is 9.84. The van der Waals surface area contributed by atoms with Crippen molar-refractivity contribution >= 4 is 5.91 Å². The molecule has 1 rings (SSSR count). The third kappa shape index (κ3) is 2.74. The van der Waals surface area contributed by atoms with E-state index in [2.05, 4.69) is 5.32 Å². The van der Waals surface area contributed by atoms with Gasteiger partial charge in [0.2, 0.25) is 0 Å². The molecule has 0 fully saturated rings. The molecule has 0 aliphatic heterocycles. The molecule has 0 aliphatic carbocycles. The van der Waals surface area contributed by atoms with Crippen molar-refractivity contribution in [2.24, 2.45) is 0 Å². The van der Waals surface area contributed by atoms with Gasteiger partial charge in [0.25, 0.3) is 5.91 Å². The monoisotopic (exact) mass is 180 g/mol. The van der Waals surface area contributed by atoms with E-state index in [9.17, 15) is 10.0 Å². The lowest BCUT2D eigenvalue weighted by molar-refractivity contribution is -0.605. The first-order valence-electron chi connectivity index (χ1n) is 4.09. The Morgan fingerprint density at radius 3 is 2.85 bits per heavy atom. The van der Waals surface area contributed by atoms with Crippen LogP contribution in [-0.4, -0.2) is 11.9 Å². The molecule has 0 atom stereocenters. The molecule has 1 N–H and O–H groups in total. The molecule has 0 bridgehead atoms. The Morgan fingerprint density at radius 2 is 2.31 bits per heavy atom. The van der Waals surface area contributed by atoms with Crippen molar-refractivity contribution in [3.8, 4) is 0 Å². The van der Waals surface area contributed by atoms with Crippen molar-refractivity contribution in [1.29, 1.82) is 0 Å². The first-order chi connectivity index (χ1) is 6.09. The predicted molar refractivity (Wildman–Crippen MR) is 48.0 cm³/mol. The molecule has 0 radical (unpaired) electrons. The fourth-order valence-electron chi connectivity index (χ4n) is 0.935. The molecule has 4 nitrogen and oxygen atoms in total. The summed E-state index contributed by atoms with van der Waals surface area (Å²) < 4.78 is 0.606. The van der Waals surface area contributed by atoms with Gasteiger partial charge in [0.15, 0.2) is 12.4 Å². The number of nitrogens with zero attached hydrogens (tertiary/aromatic N) is 1. The van der Waals surface area contributed by atoms with E-state index in [1.54, 1.807) is 12.1 Å². The van der Waals surface area contributed by atoms with Crippen LogP contribution in [0.3, 0.4) is 0 Å². The van der Waals surface area contributed by atoms with Crippen LogP contribution in [0.5, 0.6) is 0 Å². The second-order valence-electron chi connectivity index (χ2n) is 3.08. The molecule has 0 saturated carbocycles. The maximum Gasteiger partial charge on any atom is 0.257 e. The SMILES string of the molecule is CC(C)NC(=O)c1ccc[n+]([O-])c1. The molecule has 4 heteroatoms. The van der Waals surface area contributed by atoms with Crippen molar-refractivity contribution in [3.05, 3.63) is 35.3 Å². The molecule has 0 aliphatic rings. The average molecular weight is 180 g/mol. The number of carbonyl (C=O) groups is 1. The van der Waals surface area contributed by atoms with Gasteiger partial charge < -0.3 is 10.5 Å². The highest BCUT2D eigenvalue weighted by Gasteiger charge is 2.08. The lowest BCUT2D eigenvalue weighted by Gasteiger charge is -2.07. The van der Waals surface area contributed by atoms with Crippen molar-refractivity contribution in [2.75, 3.05) is 0 Å². The standard InChI is InChI=1S/C9H12N2O2/c1-7(2)10-9(12)8-4-3-5-11(13)6-8/h3-7H,1-2H3,(H,10,12). The Labute approximate surface area is 76.8 Å². The van der Waals surface area contributed by atoms with Crippen LogP contribution in [0.25, 0.3) is 0 Å². The summed E-state index contributed by atoms with van der Waals surface area (Å²) in [5.74, 6) is -0.222. The van der Waals surface area contributed by atoms with Crippen LogP contribution in [0.15, 0.2) is 24.5 Å². The van der Waals surface area contributed by atoms with Gasteiger partial charge in [-0.1, -0.05) is 0 Å². The van der Waals surface area contributed by atoms with Crippen molar-refractivity contribution in [3.63, 3.8) is 0 Å². The lowest BCUT2D eigenvalue weighted by atomic mass is 10.2. The average Bonchev–Trinajstić information content (AvgIpc) is 2.03. The van der Waals surface area contributed by atoms with E-state index in [1.165, 1.54) is 12.4 Å². The molecule has 0 unspecified atom stereocenters. The van der Waals surface area contributed by atoms with Crippen LogP contribution in [0.4, 0.5) is 0 Å². The van der Waals surface area contributed by atoms with Gasteiger partial charge in [-0.15, -0.1) is 0 Å². The number of aromatic nitrogens is 1. The molecular weight excluding hydrogens is 168 g/mol. The minimum absolute atomic E-state index is 0.0767. The Hall–Kier alpha value is -1.58. The van der Waals surface area contributed by atoms with E-state index < -0.39 is 0 Å². The molecule has 0 saturated heterocycles. The molecule has 70 valence electrons. The Balaban J connectivity index is 2.77. The summed E-state index contributed by atoms with van der Waals surface area (Å²) in [6.45, 7) is 3.73. The topological polar surface area (TPSA) is 56.0 Å². The highest BCUT2D eigenvalue weighted by molar-refractivity contribution is 5.93. The van der Waals surface area contributed by atoms with E-state index in [0.717, 1.165) is 0 Å². The Morgan fingerprint density at radius 1 is 1.62 bits per heavy atom. The fourth-order valence-corrected chi connectivity index (χ4v) is 0.935. The van der Waals surface area contributed by atoms with Crippen LogP contribution < -0.4 is 10.0 Å². The molecular formula is C9H12N2O2. The van der Waals surface area contributed by atoms with Crippen molar-refractivity contribution in [2.45, 2.75) is 19.9 Å². The summed E-state index contributed by atoms with van der Waals surface area (Å²) in [5, 5.41) is 13.5. The van der Waals surface area contributed by atoms with E-state index in [0.29, 0.717) is 10.3 Å². The Kier molecular flexibility index (Phi) is 2.84. The quantitative estimate of drug-likeness (QED) is 0.531. The van der Waals surface area contributed by atoms with Gasteiger partial charge >= 0.3 is 0 Å². The van der Waals surface area contributed by atoms with Crippen LogP contribution >= 0.6 is 0 Å². The molecule has 13 heavy (non-hydrogen) atoms. The fraction of sp³-hybridized carbons (Fsp3) is 0.333. The van der Waals surface area contributed by atoms with Crippen LogP contribution in [0.2, 0.25) is 0 Å². The number of nitrogens with one attached hydrogen (secondary N) is 1. The zero-order valence-electron chi connectivity index (χ0n) is 7.65. The van der Waals surface area contributed by atoms with Crippen LogP contribution in [-0.2, 0) is 0 Å². The van der Waals surface area contributed by atoms with Gasteiger partial charge in [-0.2, -0.15) is 4.73 Å². The van der Waals surface area contributed by atoms with Gasteiger partial charge in [-0.3, -0.25) is 4.79 Å². The Bertz CT molecular complexity index is 310. The van der Waals surface area contributed by atoms with Gasteiger partial charge in [-0.05, 0) is 19.9 Å². The van der Waals surface area contributed by atoms with Gasteiger partial charge in [-0.25, -0.2) is 0 Å². The number of rotatable bonds is 2. The van der Waals surface area contributed by atoms with E-state index in [4.69, 9.17) is 0 Å². The third-order valence-corrected chi connectivity index (χ3v) is 1.46. The van der Waals surface area contributed by atoms with Gasteiger partial charge in [0.05, 0.1) is 0 Å². The summed E-state index contributed by atoms with van der Waals surface area (Å²) in [5.41, 5.74) is 0.381. The number of hydrogen-bond acceptors (Lipinski definition) is 2. The second kappa shape index (κ2) is 3.89. The van der Waals surface area contributed by atoms with E-state index >= 15 is 0 Å². The number of amides is 1. The first kappa shape index (κ1) is 9.51. The molecule has 0 aromatic carbocycles. The smallest absolute Gasteiger partial charge is 0.257 e. The minimum Gasteiger partial charge on any atom is -0.619 e. The van der Waals surface area contributed by atoms with Crippen molar-refractivity contribution in [1.82, 2.24) is 5.32 Å². The maximum absolute atomic E-state index is 11.3. The lowest BCUT2D eigenvalue weighted by Crippen LogP contribution is -2.33. The summed E-state index contributed by atoms with van der Waals surface area (Å²) in [4.78, 5) is 11.3. The van der Waals surface area contributed by atoms with Gasteiger partial charge in [0, 0.05) is 12.1 Å². The predicted octanol–water partition coefficient (Wildman–Crippen LogP) is 0.458. The summed E-state index contributed by atoms with van der Waals surface area (Å²) >= 11 is 0. The number of hydrogen-bond donors (Lipinski definition) is 1. The molecule has 1 heterocycles. The highest BCUT2D eigenvalue weighted by atomic mass is 16.5. The van der Waals surface area contributed by atoms with Crippen LogP contribution in [0, 0.1) is 5.21 Å². The summed E-state index contributed by atoms with van der Waals surface area (Å²) in [6, 6.07) is 3.22. The molecule has 1 aromatic heterocycles.